The molecular formula is C17H15NO4. The van der Waals surface area contributed by atoms with E-state index in [0.29, 0.717) is 17.7 Å². The van der Waals surface area contributed by atoms with Gasteiger partial charge < -0.3 is 9.84 Å². The number of pyridine rings is 1. The lowest BCUT2D eigenvalue weighted by Gasteiger charge is -2.05. The number of nitrogens with zero attached hydrogens (tertiary/aromatic N) is 1. The minimum absolute atomic E-state index is 0.0658. The number of esters is 1. The van der Waals surface area contributed by atoms with E-state index in [0.717, 1.165) is 5.56 Å². The predicted octanol–water partition coefficient (Wildman–Crippen LogP) is 2.63. The quantitative estimate of drug-likeness (QED) is 0.858. The Kier molecular flexibility index (Phi) is 3.87. The van der Waals surface area contributed by atoms with Crippen molar-refractivity contribution >= 4 is 11.9 Å². The van der Waals surface area contributed by atoms with Crippen LogP contribution in [-0.2, 0) is 16.1 Å². The maximum absolute atomic E-state index is 11.9. The van der Waals surface area contributed by atoms with E-state index in [4.69, 9.17) is 9.84 Å². The summed E-state index contributed by atoms with van der Waals surface area (Å²) in [5, 5.41) is 8.93. The summed E-state index contributed by atoms with van der Waals surface area (Å²) in [4.78, 5) is 26.9. The van der Waals surface area contributed by atoms with Crippen molar-refractivity contribution in [2.75, 3.05) is 0 Å². The third-order valence-corrected chi connectivity index (χ3v) is 3.76. The van der Waals surface area contributed by atoms with E-state index in [9.17, 15) is 9.59 Å². The normalized spacial score (nSPS) is 19.5. The van der Waals surface area contributed by atoms with Gasteiger partial charge in [-0.05, 0) is 42.2 Å². The molecule has 3 rings (SSSR count). The lowest BCUT2D eigenvalue weighted by molar-refractivity contribution is -0.138. The summed E-state index contributed by atoms with van der Waals surface area (Å²) in [6, 6.07) is 12.4. The van der Waals surface area contributed by atoms with Crippen LogP contribution < -0.4 is 0 Å². The monoisotopic (exact) mass is 297 g/mol. The van der Waals surface area contributed by atoms with Crippen molar-refractivity contribution in [1.82, 2.24) is 4.98 Å². The summed E-state index contributed by atoms with van der Waals surface area (Å²) < 4.78 is 5.19. The van der Waals surface area contributed by atoms with Gasteiger partial charge in [-0.25, -0.2) is 4.79 Å². The van der Waals surface area contributed by atoms with Crippen molar-refractivity contribution in [3.63, 3.8) is 0 Å². The number of carbonyl (C=O) groups is 2. The number of aromatic nitrogens is 1. The topological polar surface area (TPSA) is 76.5 Å². The van der Waals surface area contributed by atoms with Crippen molar-refractivity contribution in [2.24, 2.45) is 5.92 Å². The molecule has 1 aliphatic rings. The molecule has 0 unspecified atom stereocenters. The lowest BCUT2D eigenvalue weighted by atomic mass is 10.1. The molecule has 0 amide bonds. The average Bonchev–Trinajstić information content (AvgIpc) is 3.35. The molecule has 1 aliphatic carbocycles. The van der Waals surface area contributed by atoms with Crippen LogP contribution in [0.25, 0.3) is 0 Å². The van der Waals surface area contributed by atoms with Gasteiger partial charge in [0.25, 0.3) is 0 Å². The molecule has 1 aromatic carbocycles. The molecule has 1 aromatic heterocycles. The van der Waals surface area contributed by atoms with E-state index in [-0.39, 0.29) is 18.4 Å². The van der Waals surface area contributed by atoms with Crippen molar-refractivity contribution in [3.05, 3.63) is 65.5 Å². The summed E-state index contributed by atoms with van der Waals surface area (Å²) in [6.45, 7) is 0.130. The third kappa shape index (κ3) is 3.14. The van der Waals surface area contributed by atoms with Crippen LogP contribution in [0.2, 0.25) is 0 Å². The zero-order valence-corrected chi connectivity index (χ0v) is 11.8. The van der Waals surface area contributed by atoms with Crippen LogP contribution in [0.5, 0.6) is 0 Å². The van der Waals surface area contributed by atoms with Gasteiger partial charge >= 0.3 is 11.9 Å². The maximum atomic E-state index is 11.9. The number of carbonyl (C=O) groups excluding carboxylic acids is 1. The molecule has 1 fully saturated rings. The van der Waals surface area contributed by atoms with E-state index in [1.807, 2.05) is 6.07 Å². The summed E-state index contributed by atoms with van der Waals surface area (Å²) in [5.74, 6) is -1.40. The highest BCUT2D eigenvalue weighted by atomic mass is 16.5. The number of ether oxygens (including phenoxy) is 1. The maximum Gasteiger partial charge on any atom is 0.338 e. The minimum Gasteiger partial charge on any atom is -0.481 e. The first-order chi connectivity index (χ1) is 10.6. The van der Waals surface area contributed by atoms with Crippen LogP contribution in [0, 0.1) is 5.92 Å². The summed E-state index contributed by atoms with van der Waals surface area (Å²) >= 11 is 0. The molecule has 22 heavy (non-hydrogen) atoms. The van der Waals surface area contributed by atoms with Gasteiger partial charge in [-0.2, -0.15) is 0 Å². The molecule has 2 atom stereocenters. The molecule has 112 valence electrons. The van der Waals surface area contributed by atoms with Crippen LogP contribution in [0.15, 0.2) is 48.7 Å². The molecule has 0 spiro atoms. The Labute approximate surface area is 127 Å². The number of hydrogen-bond donors (Lipinski definition) is 1. The Hall–Kier alpha value is -2.69. The van der Waals surface area contributed by atoms with Crippen LogP contribution in [-0.4, -0.2) is 22.0 Å². The molecule has 0 radical (unpaired) electrons. The molecule has 5 nitrogen and oxygen atoms in total. The fourth-order valence-corrected chi connectivity index (χ4v) is 2.41. The highest BCUT2D eigenvalue weighted by Gasteiger charge is 2.44. The molecular weight excluding hydrogens is 282 g/mol. The molecule has 1 heterocycles. The number of benzene rings is 1. The summed E-state index contributed by atoms with van der Waals surface area (Å²) in [6.07, 6.45) is 2.31. The van der Waals surface area contributed by atoms with Gasteiger partial charge in [0.2, 0.25) is 0 Å². The fraction of sp³-hybridized carbons (Fsp3) is 0.235. The Morgan fingerprint density at radius 2 is 1.95 bits per heavy atom. The van der Waals surface area contributed by atoms with Crippen molar-refractivity contribution in [3.8, 4) is 0 Å². The highest BCUT2D eigenvalue weighted by Crippen LogP contribution is 2.47. The first-order valence-electron chi connectivity index (χ1n) is 7.05. The highest BCUT2D eigenvalue weighted by molar-refractivity contribution is 5.89. The van der Waals surface area contributed by atoms with Gasteiger partial charge in [0, 0.05) is 6.20 Å². The van der Waals surface area contributed by atoms with Gasteiger partial charge in [0.1, 0.15) is 6.61 Å². The van der Waals surface area contributed by atoms with Gasteiger partial charge in [-0.3, -0.25) is 9.78 Å². The molecule has 5 heteroatoms. The minimum atomic E-state index is -0.760. The Morgan fingerprint density at radius 1 is 1.18 bits per heavy atom. The molecule has 1 saturated carbocycles. The van der Waals surface area contributed by atoms with Crippen molar-refractivity contribution < 1.29 is 19.4 Å². The second-order valence-corrected chi connectivity index (χ2v) is 5.31. The van der Waals surface area contributed by atoms with Crippen molar-refractivity contribution in [1.29, 1.82) is 0 Å². The van der Waals surface area contributed by atoms with E-state index >= 15 is 0 Å². The van der Waals surface area contributed by atoms with Crippen molar-refractivity contribution in [2.45, 2.75) is 18.9 Å². The van der Waals surface area contributed by atoms with E-state index in [1.54, 1.807) is 42.6 Å². The lowest BCUT2D eigenvalue weighted by Crippen LogP contribution is -2.06. The summed E-state index contributed by atoms with van der Waals surface area (Å²) in [5.41, 5.74) is 2.09. The third-order valence-electron chi connectivity index (χ3n) is 3.76. The second kappa shape index (κ2) is 5.97. The molecule has 1 N–H and O–H groups in total. The number of aliphatic carboxylic acids is 1. The fourth-order valence-electron chi connectivity index (χ4n) is 2.41. The van der Waals surface area contributed by atoms with Gasteiger partial charge in [-0.15, -0.1) is 0 Å². The standard InChI is InChI=1S/C17H15NO4/c19-16(20)15-9-14(15)11-4-6-12(7-5-11)17(21)22-10-13-3-1-2-8-18-13/h1-8,14-15H,9-10H2,(H,19,20)/t14-,15+/m0/s1. The van der Waals surface area contributed by atoms with E-state index in [2.05, 4.69) is 4.98 Å². The van der Waals surface area contributed by atoms with Crippen LogP contribution in [0.1, 0.15) is 34.0 Å². The summed E-state index contributed by atoms with van der Waals surface area (Å²) in [7, 11) is 0. The van der Waals surface area contributed by atoms with E-state index in [1.165, 1.54) is 0 Å². The number of carboxylic acids is 1. The van der Waals surface area contributed by atoms with Crippen LogP contribution >= 0.6 is 0 Å². The first kappa shape index (κ1) is 14.3. The number of rotatable bonds is 5. The SMILES string of the molecule is O=C(OCc1ccccn1)c1ccc([C@@H]2C[C@H]2C(=O)O)cc1. The van der Waals surface area contributed by atoms with E-state index < -0.39 is 11.9 Å². The molecule has 2 aromatic rings. The largest absolute Gasteiger partial charge is 0.481 e. The number of carboxylic acid groups (broad SMARTS) is 1. The predicted molar refractivity (Wildman–Crippen MR) is 78.3 cm³/mol. The zero-order valence-electron chi connectivity index (χ0n) is 11.8. The smallest absolute Gasteiger partial charge is 0.338 e. The zero-order chi connectivity index (χ0) is 15.5. The van der Waals surface area contributed by atoms with Crippen LogP contribution in [0.4, 0.5) is 0 Å². The van der Waals surface area contributed by atoms with Gasteiger partial charge in [0.05, 0.1) is 17.2 Å². The van der Waals surface area contributed by atoms with Gasteiger partial charge in [0.15, 0.2) is 0 Å². The molecule has 0 bridgehead atoms. The Morgan fingerprint density at radius 3 is 2.55 bits per heavy atom. The first-order valence-corrected chi connectivity index (χ1v) is 7.05. The van der Waals surface area contributed by atoms with Gasteiger partial charge in [-0.1, -0.05) is 18.2 Å². The Bertz CT molecular complexity index is 682. The Balaban J connectivity index is 1.58. The average molecular weight is 297 g/mol. The second-order valence-electron chi connectivity index (χ2n) is 5.31. The molecule has 0 aliphatic heterocycles. The van der Waals surface area contributed by atoms with Crippen LogP contribution in [0.3, 0.4) is 0 Å². The number of hydrogen-bond acceptors (Lipinski definition) is 4. The molecule has 0 saturated heterocycles.